The maximum atomic E-state index is 14.9. The van der Waals surface area contributed by atoms with E-state index < -0.39 is 77.8 Å². The monoisotopic (exact) mass is 574 g/mol. The molecule has 2 aromatic carbocycles. The highest BCUT2D eigenvalue weighted by Crippen LogP contribution is 2.31. The highest BCUT2D eigenvalue weighted by atomic mass is 19.1. The molecule has 0 spiro atoms. The lowest BCUT2D eigenvalue weighted by atomic mass is 9.72. The highest BCUT2D eigenvalue weighted by Gasteiger charge is 2.43. The fourth-order valence-electron chi connectivity index (χ4n) is 4.78. The molecule has 4 rings (SSSR count). The van der Waals surface area contributed by atoms with Crippen molar-refractivity contribution >= 4 is 36.8 Å². The number of fused-ring (bicyclic) bond motifs is 1. The number of nitrogens with one attached hydrogen (secondary N) is 2. The van der Waals surface area contributed by atoms with Crippen LogP contribution in [-0.2, 0) is 20.8 Å². The fourth-order valence-corrected chi connectivity index (χ4v) is 4.78. The van der Waals surface area contributed by atoms with Crippen molar-refractivity contribution in [2.45, 2.75) is 38.3 Å². The minimum absolute atomic E-state index is 0.0172. The Bertz CT molecular complexity index is 1420. The summed E-state index contributed by atoms with van der Waals surface area (Å²) in [5.41, 5.74) is -0.928. The van der Waals surface area contributed by atoms with Crippen LogP contribution in [0.2, 0.25) is 0 Å². The minimum Gasteiger partial charge on any atom is -0.534 e. The molecule has 2 aliphatic rings. The Labute approximate surface area is 231 Å². The molecule has 3 atom stereocenters. The van der Waals surface area contributed by atoms with Gasteiger partial charge in [0, 0.05) is 25.2 Å². The quantitative estimate of drug-likeness (QED) is 0.240. The predicted molar refractivity (Wildman–Crippen MR) is 135 cm³/mol. The van der Waals surface area contributed by atoms with Gasteiger partial charge in [-0.05, 0) is 31.9 Å². The summed E-state index contributed by atoms with van der Waals surface area (Å²) in [6, 6.07) is 0.871. The van der Waals surface area contributed by atoms with Crippen LogP contribution in [0.15, 0.2) is 30.3 Å². The number of aromatic hydroxyl groups is 1. The van der Waals surface area contributed by atoms with E-state index in [1.54, 1.807) is 6.92 Å². The van der Waals surface area contributed by atoms with Crippen molar-refractivity contribution in [1.82, 2.24) is 20.4 Å². The predicted octanol–water partition coefficient (Wildman–Crippen LogP) is 0.338. The largest absolute Gasteiger partial charge is 0.547 e. The minimum atomic E-state index is -2.15. The van der Waals surface area contributed by atoms with Crippen molar-refractivity contribution in [1.29, 1.82) is 0 Å². The molecular weight excluding hydrogens is 549 g/mol. The first-order valence-corrected chi connectivity index (χ1v) is 12.4. The van der Waals surface area contributed by atoms with Crippen LogP contribution >= 0.6 is 0 Å². The van der Waals surface area contributed by atoms with Crippen LogP contribution in [0.3, 0.4) is 0 Å². The van der Waals surface area contributed by atoms with Crippen LogP contribution in [0, 0.1) is 11.6 Å². The van der Waals surface area contributed by atoms with Gasteiger partial charge in [-0.15, -0.1) is 0 Å². The van der Waals surface area contributed by atoms with Crippen LogP contribution in [0.4, 0.5) is 13.6 Å². The van der Waals surface area contributed by atoms with Crippen molar-refractivity contribution in [3.05, 3.63) is 58.7 Å². The fraction of sp³-hybridized carbons (Fsp3) is 0.320. The lowest BCUT2D eigenvalue weighted by Crippen LogP contribution is -2.63. The number of rotatable bonds is 6. The molecule has 0 radical (unpaired) electrons. The van der Waals surface area contributed by atoms with E-state index in [2.05, 4.69) is 10.6 Å². The molecule has 16 heteroatoms. The first kappa shape index (κ1) is 29.3. The Morgan fingerprint density at radius 1 is 1.17 bits per heavy atom. The maximum absolute atomic E-state index is 14.9. The number of urea groups is 1. The molecule has 1 fully saturated rings. The molecule has 2 aliphatic heterocycles. The van der Waals surface area contributed by atoms with E-state index in [0.29, 0.717) is 22.6 Å². The van der Waals surface area contributed by atoms with E-state index in [1.165, 1.54) is 30.0 Å². The van der Waals surface area contributed by atoms with Gasteiger partial charge in [0.2, 0.25) is 5.91 Å². The van der Waals surface area contributed by atoms with Crippen LogP contribution in [0.1, 0.15) is 41.4 Å². The van der Waals surface area contributed by atoms with Gasteiger partial charge in [-0.3, -0.25) is 19.3 Å². The van der Waals surface area contributed by atoms with Gasteiger partial charge in [0.05, 0.1) is 23.1 Å². The number of piperazine rings is 1. The van der Waals surface area contributed by atoms with E-state index in [1.807, 2.05) is 0 Å². The molecule has 0 bridgehead atoms. The zero-order valence-electron chi connectivity index (χ0n) is 21.8. The number of amides is 5. The van der Waals surface area contributed by atoms with Crippen LogP contribution < -0.4 is 15.3 Å². The summed E-state index contributed by atoms with van der Waals surface area (Å²) in [5.74, 6) is -9.77. The molecule has 2 heterocycles. The number of benzene rings is 2. The van der Waals surface area contributed by atoms with Gasteiger partial charge in [0.25, 0.3) is 0 Å². The number of hydrogen-bond acceptors (Lipinski definition) is 8. The smallest absolute Gasteiger partial charge is 0.534 e. The van der Waals surface area contributed by atoms with Gasteiger partial charge >= 0.3 is 30.9 Å². The third kappa shape index (κ3) is 5.63. The molecule has 5 N–H and O–H groups in total. The number of aromatic carboxylic acids is 1. The summed E-state index contributed by atoms with van der Waals surface area (Å²) < 4.78 is 35.1. The number of carbonyl (C=O) groups excluding carboxylic acids is 4. The second-order valence-electron chi connectivity index (χ2n) is 9.50. The second-order valence-corrected chi connectivity index (χ2v) is 9.50. The van der Waals surface area contributed by atoms with Crippen molar-refractivity contribution in [2.75, 3.05) is 13.1 Å². The molecule has 5 amide bonds. The van der Waals surface area contributed by atoms with Gasteiger partial charge < -0.3 is 35.4 Å². The third-order valence-electron chi connectivity index (χ3n) is 6.77. The lowest BCUT2D eigenvalue weighted by Gasteiger charge is -2.37. The van der Waals surface area contributed by atoms with Gasteiger partial charge in [0.15, 0.2) is 0 Å². The summed E-state index contributed by atoms with van der Waals surface area (Å²) >= 11 is 0. The Hall–Kier alpha value is -4.73. The topological polar surface area (TPSA) is 186 Å². The van der Waals surface area contributed by atoms with E-state index in [4.69, 9.17) is 4.65 Å². The van der Waals surface area contributed by atoms with Gasteiger partial charge in [-0.1, -0.05) is 12.1 Å². The van der Waals surface area contributed by atoms with Gasteiger partial charge in [-0.2, -0.15) is 0 Å². The normalized spacial score (nSPS) is 19.3. The number of nitrogens with zero attached hydrogens (tertiary/aromatic N) is 2. The number of carboxylic acid groups (broad SMARTS) is 1. The van der Waals surface area contributed by atoms with Crippen molar-refractivity contribution in [3.8, 4) is 11.5 Å². The first-order valence-electron chi connectivity index (χ1n) is 12.4. The maximum Gasteiger partial charge on any atom is 0.547 e. The van der Waals surface area contributed by atoms with Crippen LogP contribution in [-0.4, -0.2) is 86.9 Å². The molecule has 13 nitrogen and oxygen atoms in total. The number of hydrogen-bond donors (Lipinski definition) is 5. The summed E-state index contributed by atoms with van der Waals surface area (Å²) in [6.45, 7) is 3.27. The second kappa shape index (κ2) is 11.4. The SMILES string of the molecule is CCN1C[C@H](C)N(C(=O)NC(C(=O)N[C@H]2Cc3cccc(C(=O)O)c3OB2O)c2c(F)cc(O)cc2F)C(=O)C1=O. The Balaban J connectivity index is 1.64. The number of halogens is 2. The average Bonchev–Trinajstić information content (AvgIpc) is 2.89. The number of carbonyl (C=O) groups is 5. The molecule has 41 heavy (non-hydrogen) atoms. The zero-order chi connectivity index (χ0) is 30.2. The van der Waals surface area contributed by atoms with Gasteiger partial charge in [-0.25, -0.2) is 18.4 Å². The number of likely N-dealkylation sites (N-methyl/N-ethyl adjacent to an activating group) is 1. The Morgan fingerprint density at radius 3 is 2.44 bits per heavy atom. The molecule has 2 aromatic rings. The molecule has 0 aliphatic carbocycles. The lowest BCUT2D eigenvalue weighted by molar-refractivity contribution is -0.155. The van der Waals surface area contributed by atoms with E-state index in [-0.39, 0.29) is 30.8 Å². The number of para-hydroxylation sites is 1. The first-order chi connectivity index (χ1) is 19.3. The number of phenolic OH excluding ortho intramolecular Hbond substituents is 1. The Kier molecular flexibility index (Phi) is 8.14. The van der Waals surface area contributed by atoms with E-state index >= 15 is 0 Å². The highest BCUT2D eigenvalue weighted by molar-refractivity contribution is 6.47. The molecular formula is C25H25BF2N4O9. The van der Waals surface area contributed by atoms with Crippen molar-refractivity contribution in [3.63, 3.8) is 0 Å². The molecule has 0 saturated carbocycles. The zero-order valence-corrected chi connectivity index (χ0v) is 21.8. The standard InChI is InChI=1S/C25H25BF2N4O9/c1-3-31-10-11(2)32(23(36)22(31)35)25(39)30-19(18-15(27)8-13(33)9-16(18)28)21(34)29-17-7-12-5-4-6-14(24(37)38)20(12)41-26(17)40/h4-6,8-9,11,17,19,33,40H,3,7,10H2,1-2H3,(H,29,34)(H,30,39)(H,37,38)/t11-,17-,19?/m0/s1. The molecule has 1 saturated heterocycles. The van der Waals surface area contributed by atoms with Crippen molar-refractivity contribution < 1.29 is 52.6 Å². The third-order valence-corrected chi connectivity index (χ3v) is 6.77. The van der Waals surface area contributed by atoms with Crippen LogP contribution in [0.5, 0.6) is 11.5 Å². The van der Waals surface area contributed by atoms with E-state index in [0.717, 1.165) is 0 Å². The summed E-state index contributed by atoms with van der Waals surface area (Å²) in [6.07, 6.45) is -0.159. The van der Waals surface area contributed by atoms with Crippen molar-refractivity contribution in [2.24, 2.45) is 0 Å². The average molecular weight is 574 g/mol. The van der Waals surface area contributed by atoms with Gasteiger partial charge in [0.1, 0.15) is 29.2 Å². The molecule has 1 unspecified atom stereocenters. The number of carboxylic acids is 1. The summed E-state index contributed by atoms with van der Waals surface area (Å²) in [7, 11) is -1.79. The molecule has 0 aromatic heterocycles. The summed E-state index contributed by atoms with van der Waals surface area (Å²) in [4.78, 5) is 64.9. The number of phenols is 1. The summed E-state index contributed by atoms with van der Waals surface area (Å²) in [5, 5.41) is 33.9. The molecule has 216 valence electrons. The number of imide groups is 1. The van der Waals surface area contributed by atoms with E-state index in [9.17, 15) is 48.0 Å². The van der Waals surface area contributed by atoms with Crippen LogP contribution in [0.25, 0.3) is 0 Å². The Morgan fingerprint density at radius 2 is 1.83 bits per heavy atom.